The van der Waals surface area contributed by atoms with Gasteiger partial charge in [-0.15, -0.1) is 0 Å². The van der Waals surface area contributed by atoms with Crippen LogP contribution in [0.25, 0.3) is 16.8 Å². The first-order chi connectivity index (χ1) is 17.2. The van der Waals surface area contributed by atoms with E-state index >= 15 is 0 Å². The van der Waals surface area contributed by atoms with Crippen molar-refractivity contribution in [1.82, 2.24) is 14.4 Å². The third kappa shape index (κ3) is 4.64. The van der Waals surface area contributed by atoms with E-state index in [0.29, 0.717) is 24.3 Å². The van der Waals surface area contributed by atoms with Crippen molar-refractivity contribution in [2.24, 2.45) is 0 Å². The highest BCUT2D eigenvalue weighted by molar-refractivity contribution is 6.04. The van der Waals surface area contributed by atoms with Gasteiger partial charge in [-0.1, -0.05) is 0 Å². The van der Waals surface area contributed by atoms with Crippen LogP contribution in [0.4, 0.5) is 24.5 Å². The van der Waals surface area contributed by atoms with Gasteiger partial charge in [0.05, 0.1) is 30.2 Å². The maximum atomic E-state index is 14.9. The lowest BCUT2D eigenvalue weighted by Crippen LogP contribution is -2.36. The summed E-state index contributed by atoms with van der Waals surface area (Å²) in [5.74, 6) is -4.52. The first kappa shape index (κ1) is 23.8. The van der Waals surface area contributed by atoms with Crippen molar-refractivity contribution in [3.8, 4) is 11.1 Å². The molecule has 186 valence electrons. The van der Waals surface area contributed by atoms with Gasteiger partial charge in [0.2, 0.25) is 0 Å². The number of alkyl halides is 2. The van der Waals surface area contributed by atoms with Crippen LogP contribution in [0.15, 0.2) is 55.2 Å². The molecule has 5 rings (SSSR count). The van der Waals surface area contributed by atoms with Crippen LogP contribution in [0.5, 0.6) is 0 Å². The number of halogens is 3. The number of carbonyl (C=O) groups is 1. The van der Waals surface area contributed by atoms with Crippen LogP contribution >= 0.6 is 0 Å². The zero-order valence-electron chi connectivity index (χ0n) is 19.8. The van der Waals surface area contributed by atoms with Crippen LogP contribution in [0.1, 0.15) is 28.4 Å². The highest BCUT2D eigenvalue weighted by atomic mass is 19.3. The number of nitrogens with one attached hydrogen (secondary N) is 1. The molecule has 3 aromatic heterocycles. The monoisotopic (exact) mass is 495 g/mol. The lowest BCUT2D eigenvalue weighted by atomic mass is 10.00. The standard InChI is InChI=1S/C26H24F3N5O2/c1-16-9-21(27)22(32-25(35)17-10-19(14-30-13-17)26(2,28)29)12-20(16)18-11-23(33-5-7-36-8-6-33)24-31-3-4-34(24)15-18/h3-4,9-15H,5-8H2,1-2H3,(H,32,35). The van der Waals surface area contributed by atoms with Crippen LogP contribution in [0, 0.1) is 12.7 Å². The van der Waals surface area contributed by atoms with Crippen molar-refractivity contribution >= 4 is 22.9 Å². The molecule has 1 saturated heterocycles. The highest BCUT2D eigenvalue weighted by Crippen LogP contribution is 2.34. The Balaban J connectivity index is 1.51. The number of nitrogens with zero attached hydrogens (tertiary/aromatic N) is 4. The number of benzene rings is 1. The van der Waals surface area contributed by atoms with Gasteiger partial charge in [-0.25, -0.2) is 18.2 Å². The Morgan fingerprint density at radius 2 is 1.92 bits per heavy atom. The number of carbonyl (C=O) groups excluding carboxylic acids is 1. The first-order valence-corrected chi connectivity index (χ1v) is 11.5. The molecular formula is C26H24F3N5O2. The fourth-order valence-corrected chi connectivity index (χ4v) is 4.28. The number of rotatable bonds is 5. The van der Waals surface area contributed by atoms with Gasteiger partial charge in [-0.3, -0.25) is 9.78 Å². The van der Waals surface area contributed by atoms with Gasteiger partial charge in [-0.05, 0) is 42.3 Å². The summed E-state index contributed by atoms with van der Waals surface area (Å²) in [5.41, 5.74) is 3.37. The Kier molecular flexibility index (Phi) is 6.13. The van der Waals surface area contributed by atoms with Crippen LogP contribution in [0.3, 0.4) is 0 Å². The van der Waals surface area contributed by atoms with Gasteiger partial charge in [0.25, 0.3) is 11.8 Å². The van der Waals surface area contributed by atoms with Gasteiger partial charge in [-0.2, -0.15) is 0 Å². The summed E-state index contributed by atoms with van der Waals surface area (Å²) in [4.78, 5) is 23.2. The molecule has 7 nitrogen and oxygen atoms in total. The van der Waals surface area contributed by atoms with Crippen molar-refractivity contribution in [3.63, 3.8) is 0 Å². The molecule has 1 fully saturated rings. The Labute approximate surface area is 205 Å². The second-order valence-electron chi connectivity index (χ2n) is 8.82. The molecule has 1 N–H and O–H groups in total. The number of imidazole rings is 1. The zero-order valence-corrected chi connectivity index (χ0v) is 19.8. The normalized spacial score (nSPS) is 14.3. The number of pyridine rings is 2. The Hall–Kier alpha value is -3.92. The largest absolute Gasteiger partial charge is 0.378 e. The van der Waals surface area contributed by atoms with E-state index in [4.69, 9.17) is 4.74 Å². The number of hydrogen-bond acceptors (Lipinski definition) is 5. The molecule has 1 aromatic carbocycles. The molecule has 0 atom stereocenters. The average molecular weight is 496 g/mol. The molecule has 0 spiro atoms. The predicted octanol–water partition coefficient (Wildman–Crippen LogP) is 5.04. The molecule has 10 heteroatoms. The quantitative estimate of drug-likeness (QED) is 0.420. The molecular weight excluding hydrogens is 471 g/mol. The number of ether oxygens (including phenoxy) is 1. The fraction of sp³-hybridized carbons (Fsp3) is 0.269. The number of hydrogen-bond donors (Lipinski definition) is 1. The van der Waals surface area contributed by atoms with E-state index < -0.39 is 23.2 Å². The lowest BCUT2D eigenvalue weighted by Gasteiger charge is -2.29. The molecule has 36 heavy (non-hydrogen) atoms. The predicted molar refractivity (Wildman–Crippen MR) is 130 cm³/mol. The summed E-state index contributed by atoms with van der Waals surface area (Å²) in [6, 6.07) is 5.94. The van der Waals surface area contributed by atoms with Gasteiger partial charge in [0.15, 0.2) is 5.65 Å². The summed E-state index contributed by atoms with van der Waals surface area (Å²) >= 11 is 0. The molecule has 1 aliphatic heterocycles. The van der Waals surface area contributed by atoms with Crippen LogP contribution in [-0.2, 0) is 10.7 Å². The van der Waals surface area contributed by atoms with E-state index in [1.54, 1.807) is 19.2 Å². The number of aryl methyl sites for hydroxylation is 1. The third-order valence-electron chi connectivity index (χ3n) is 6.20. The van der Waals surface area contributed by atoms with Gasteiger partial charge >= 0.3 is 0 Å². The smallest absolute Gasteiger partial charge is 0.272 e. The SMILES string of the molecule is Cc1cc(F)c(NC(=O)c2cncc(C(C)(F)F)c2)cc1-c1cc(N2CCOCC2)c2nccn2c1. The van der Waals surface area contributed by atoms with Crippen molar-refractivity contribution in [3.05, 3.63) is 77.8 Å². The van der Waals surface area contributed by atoms with Crippen molar-refractivity contribution in [2.45, 2.75) is 19.8 Å². The number of fused-ring (bicyclic) bond motifs is 1. The molecule has 1 amide bonds. The Morgan fingerprint density at radius 3 is 2.67 bits per heavy atom. The number of anilines is 2. The maximum Gasteiger partial charge on any atom is 0.272 e. The second-order valence-corrected chi connectivity index (χ2v) is 8.82. The molecule has 0 bridgehead atoms. The van der Waals surface area contributed by atoms with E-state index in [2.05, 4.69) is 20.2 Å². The minimum absolute atomic E-state index is 0.0621. The van der Waals surface area contributed by atoms with E-state index in [0.717, 1.165) is 49.2 Å². The summed E-state index contributed by atoms with van der Waals surface area (Å²) in [7, 11) is 0. The molecule has 0 saturated carbocycles. The topological polar surface area (TPSA) is 71.8 Å². The third-order valence-corrected chi connectivity index (χ3v) is 6.20. The van der Waals surface area contributed by atoms with Crippen LogP contribution in [-0.4, -0.2) is 46.6 Å². The molecule has 0 radical (unpaired) electrons. The van der Waals surface area contributed by atoms with Crippen LogP contribution in [0.2, 0.25) is 0 Å². The van der Waals surface area contributed by atoms with E-state index in [1.807, 2.05) is 22.9 Å². The first-order valence-electron chi connectivity index (χ1n) is 11.5. The number of morpholine rings is 1. The summed E-state index contributed by atoms with van der Waals surface area (Å²) in [5, 5.41) is 2.51. The Morgan fingerprint density at radius 1 is 1.14 bits per heavy atom. The number of amides is 1. The molecule has 0 unspecified atom stereocenters. The van der Waals surface area contributed by atoms with Gasteiger partial charge in [0.1, 0.15) is 5.82 Å². The second kappa shape index (κ2) is 9.27. The van der Waals surface area contributed by atoms with Crippen molar-refractivity contribution < 1.29 is 22.7 Å². The molecule has 4 heterocycles. The minimum Gasteiger partial charge on any atom is -0.378 e. The van der Waals surface area contributed by atoms with Gasteiger partial charge in [0, 0.05) is 62.1 Å². The minimum atomic E-state index is -3.16. The Bertz CT molecular complexity index is 1440. The van der Waals surface area contributed by atoms with Crippen molar-refractivity contribution in [1.29, 1.82) is 0 Å². The highest BCUT2D eigenvalue weighted by Gasteiger charge is 2.26. The molecule has 0 aliphatic carbocycles. The fourth-order valence-electron chi connectivity index (χ4n) is 4.28. The van der Waals surface area contributed by atoms with Crippen molar-refractivity contribution in [2.75, 3.05) is 36.5 Å². The van der Waals surface area contributed by atoms with Gasteiger partial charge < -0.3 is 19.4 Å². The maximum absolute atomic E-state index is 14.9. The van der Waals surface area contributed by atoms with E-state index in [1.165, 1.54) is 12.3 Å². The van der Waals surface area contributed by atoms with E-state index in [-0.39, 0.29) is 11.3 Å². The zero-order chi connectivity index (χ0) is 25.4. The molecule has 1 aliphatic rings. The summed E-state index contributed by atoms with van der Waals surface area (Å²) < 4.78 is 49.6. The summed E-state index contributed by atoms with van der Waals surface area (Å²) in [6.07, 6.45) is 7.62. The molecule has 4 aromatic rings. The van der Waals surface area contributed by atoms with Crippen LogP contribution < -0.4 is 10.2 Å². The summed E-state index contributed by atoms with van der Waals surface area (Å²) in [6.45, 7) is 5.18. The average Bonchev–Trinajstić information content (AvgIpc) is 3.34. The number of aromatic nitrogens is 3. The lowest BCUT2D eigenvalue weighted by molar-refractivity contribution is 0.0171. The van der Waals surface area contributed by atoms with E-state index in [9.17, 15) is 18.0 Å².